The Hall–Kier alpha value is -2.17. The summed E-state index contributed by atoms with van der Waals surface area (Å²) in [5.41, 5.74) is 0.566. The van der Waals surface area contributed by atoms with Gasteiger partial charge in [0.2, 0.25) is 5.91 Å². The van der Waals surface area contributed by atoms with E-state index in [9.17, 15) is 9.59 Å². The lowest BCUT2D eigenvalue weighted by Crippen LogP contribution is -2.42. The molecule has 1 aromatic heterocycles. The Morgan fingerprint density at radius 2 is 1.88 bits per heavy atom. The van der Waals surface area contributed by atoms with Gasteiger partial charge in [-0.2, -0.15) is 0 Å². The molecule has 1 amide bonds. The fraction of sp³-hybridized carbons (Fsp3) is 0.526. The molecule has 0 aliphatic heterocycles. The van der Waals surface area contributed by atoms with Crippen molar-refractivity contribution in [3.8, 4) is 0 Å². The minimum Gasteiger partial charge on any atom is -0.332 e. The number of H-pyrrole nitrogens is 1. The first-order valence-electron chi connectivity index (χ1n) is 9.01. The summed E-state index contributed by atoms with van der Waals surface area (Å²) in [6.45, 7) is 0.417. The number of hydrogen-bond acceptors (Lipinski definition) is 3. The molecule has 1 aromatic carbocycles. The number of aromatic amines is 1. The second-order valence-corrected chi connectivity index (χ2v) is 7.06. The predicted octanol–water partition coefficient (Wildman–Crippen LogP) is 2.99. The Bertz CT molecular complexity index is 804. The molecule has 2 aliphatic carbocycles. The molecule has 2 aliphatic rings. The zero-order valence-electron chi connectivity index (χ0n) is 13.8. The van der Waals surface area contributed by atoms with Crippen molar-refractivity contribution in [3.63, 3.8) is 0 Å². The maximum atomic E-state index is 12.8. The van der Waals surface area contributed by atoms with E-state index in [4.69, 9.17) is 0 Å². The summed E-state index contributed by atoms with van der Waals surface area (Å²) in [5, 5.41) is 0.596. The van der Waals surface area contributed by atoms with Crippen LogP contribution in [0.25, 0.3) is 10.9 Å². The molecule has 126 valence electrons. The fourth-order valence-corrected chi connectivity index (χ4v) is 3.72. The highest BCUT2D eigenvalue weighted by Gasteiger charge is 2.36. The smallest absolute Gasteiger partial charge is 0.258 e. The van der Waals surface area contributed by atoms with Gasteiger partial charge in [-0.3, -0.25) is 9.59 Å². The number of benzene rings is 1. The van der Waals surface area contributed by atoms with Crippen LogP contribution >= 0.6 is 0 Å². The summed E-state index contributed by atoms with van der Waals surface area (Å²) in [7, 11) is 0. The van der Waals surface area contributed by atoms with Crippen LogP contribution in [0.5, 0.6) is 0 Å². The van der Waals surface area contributed by atoms with E-state index < -0.39 is 0 Å². The van der Waals surface area contributed by atoms with Crippen LogP contribution in [0.2, 0.25) is 0 Å². The molecule has 0 spiro atoms. The van der Waals surface area contributed by atoms with Gasteiger partial charge in [0.05, 0.1) is 17.4 Å². The number of amides is 1. The summed E-state index contributed by atoms with van der Waals surface area (Å²) in [6, 6.07) is 7.64. The number of para-hydroxylation sites is 1. The average Bonchev–Trinajstić information content (AvgIpc) is 3.45. The van der Waals surface area contributed by atoms with Crippen LogP contribution in [0.15, 0.2) is 29.1 Å². The number of hydrogen-bond donors (Lipinski definition) is 1. The number of aromatic nitrogens is 2. The molecule has 0 saturated heterocycles. The molecule has 24 heavy (non-hydrogen) atoms. The molecule has 5 nitrogen and oxygen atoms in total. The summed E-state index contributed by atoms with van der Waals surface area (Å²) in [5.74, 6) is 1.04. The molecule has 0 atom stereocenters. The first-order valence-corrected chi connectivity index (χ1v) is 9.01. The molecule has 5 heteroatoms. The van der Waals surface area contributed by atoms with E-state index in [0.29, 0.717) is 29.3 Å². The quantitative estimate of drug-likeness (QED) is 0.940. The number of nitrogens with one attached hydrogen (secondary N) is 1. The van der Waals surface area contributed by atoms with Gasteiger partial charge < -0.3 is 9.88 Å². The average molecular weight is 325 g/mol. The van der Waals surface area contributed by atoms with Gasteiger partial charge in [0.1, 0.15) is 5.82 Å². The topological polar surface area (TPSA) is 66.1 Å². The first kappa shape index (κ1) is 15.4. The van der Waals surface area contributed by atoms with Crippen LogP contribution < -0.4 is 5.56 Å². The van der Waals surface area contributed by atoms with Crippen molar-refractivity contribution in [2.45, 2.75) is 57.5 Å². The standard InChI is InChI=1S/C19H23N3O2/c23-18-15-8-4-5-9-16(15)20-17(21-18)12-22(19(24)13-10-11-13)14-6-2-1-3-7-14/h4-5,8-9,13-14H,1-3,6-7,10-12H2,(H,20,21,23). The van der Waals surface area contributed by atoms with Gasteiger partial charge in [-0.05, 0) is 37.8 Å². The van der Waals surface area contributed by atoms with Crippen LogP contribution in [0.3, 0.4) is 0 Å². The van der Waals surface area contributed by atoms with Gasteiger partial charge in [0.15, 0.2) is 0 Å². The van der Waals surface area contributed by atoms with Crippen LogP contribution in [-0.2, 0) is 11.3 Å². The van der Waals surface area contributed by atoms with Gasteiger partial charge in [0, 0.05) is 12.0 Å². The van der Waals surface area contributed by atoms with Crippen molar-refractivity contribution < 1.29 is 4.79 Å². The third kappa shape index (κ3) is 3.07. The number of fused-ring (bicyclic) bond motifs is 1. The van der Waals surface area contributed by atoms with Crippen molar-refractivity contribution in [1.29, 1.82) is 0 Å². The highest BCUT2D eigenvalue weighted by atomic mass is 16.2. The molecule has 2 saturated carbocycles. The number of carbonyl (C=O) groups excluding carboxylic acids is 1. The van der Waals surface area contributed by atoms with Gasteiger partial charge in [-0.15, -0.1) is 0 Å². The third-order valence-corrected chi connectivity index (χ3v) is 5.21. The van der Waals surface area contributed by atoms with Crippen molar-refractivity contribution in [2.75, 3.05) is 0 Å². The van der Waals surface area contributed by atoms with Crippen LogP contribution in [0.4, 0.5) is 0 Å². The lowest BCUT2D eigenvalue weighted by molar-refractivity contribution is -0.136. The maximum Gasteiger partial charge on any atom is 0.258 e. The van der Waals surface area contributed by atoms with E-state index >= 15 is 0 Å². The summed E-state index contributed by atoms with van der Waals surface area (Å²) in [6.07, 6.45) is 7.76. The predicted molar refractivity (Wildman–Crippen MR) is 92.5 cm³/mol. The van der Waals surface area contributed by atoms with Crippen molar-refractivity contribution in [1.82, 2.24) is 14.9 Å². The molecule has 4 rings (SSSR count). The van der Waals surface area contributed by atoms with E-state index in [-0.39, 0.29) is 17.4 Å². The largest absolute Gasteiger partial charge is 0.332 e. The summed E-state index contributed by atoms with van der Waals surface area (Å²) >= 11 is 0. The van der Waals surface area contributed by atoms with Crippen LogP contribution in [0, 0.1) is 5.92 Å². The van der Waals surface area contributed by atoms with E-state index in [1.807, 2.05) is 23.1 Å². The zero-order chi connectivity index (χ0) is 16.5. The molecule has 1 heterocycles. The van der Waals surface area contributed by atoms with E-state index in [1.54, 1.807) is 6.07 Å². The first-order chi connectivity index (χ1) is 11.7. The third-order valence-electron chi connectivity index (χ3n) is 5.21. The van der Waals surface area contributed by atoms with Gasteiger partial charge in [-0.25, -0.2) is 4.98 Å². The minimum atomic E-state index is -0.127. The van der Waals surface area contributed by atoms with E-state index in [0.717, 1.165) is 25.7 Å². The highest BCUT2D eigenvalue weighted by molar-refractivity contribution is 5.81. The Morgan fingerprint density at radius 3 is 2.62 bits per heavy atom. The van der Waals surface area contributed by atoms with Gasteiger partial charge in [0.25, 0.3) is 5.56 Å². The second kappa shape index (κ2) is 6.38. The van der Waals surface area contributed by atoms with Crippen LogP contribution in [-0.4, -0.2) is 26.8 Å². The molecule has 0 radical (unpaired) electrons. The lowest BCUT2D eigenvalue weighted by atomic mass is 9.94. The number of rotatable bonds is 4. The maximum absolute atomic E-state index is 12.8. The molecular weight excluding hydrogens is 302 g/mol. The molecule has 2 aromatic rings. The zero-order valence-corrected chi connectivity index (χ0v) is 13.8. The Morgan fingerprint density at radius 1 is 1.12 bits per heavy atom. The Balaban J connectivity index is 1.64. The summed E-state index contributed by atoms with van der Waals surface area (Å²) in [4.78, 5) is 34.5. The highest BCUT2D eigenvalue weighted by Crippen LogP contribution is 2.34. The fourth-order valence-electron chi connectivity index (χ4n) is 3.72. The molecule has 2 fully saturated rings. The molecule has 0 unspecified atom stereocenters. The van der Waals surface area contributed by atoms with Crippen LogP contribution in [0.1, 0.15) is 50.8 Å². The van der Waals surface area contributed by atoms with Gasteiger partial charge >= 0.3 is 0 Å². The van der Waals surface area contributed by atoms with Crippen molar-refractivity contribution in [3.05, 3.63) is 40.4 Å². The molecule has 1 N–H and O–H groups in total. The van der Waals surface area contributed by atoms with Crippen molar-refractivity contribution >= 4 is 16.8 Å². The monoisotopic (exact) mass is 325 g/mol. The SMILES string of the molecule is O=C(C1CC1)N(Cc1nc2ccccc2c(=O)[nH]1)C1CCCCC1. The number of nitrogens with zero attached hydrogens (tertiary/aromatic N) is 2. The Labute approximate surface area is 141 Å². The lowest BCUT2D eigenvalue weighted by Gasteiger charge is -2.34. The molecular formula is C19H23N3O2. The Kier molecular flexibility index (Phi) is 4.08. The number of carbonyl (C=O) groups is 1. The second-order valence-electron chi connectivity index (χ2n) is 7.06. The minimum absolute atomic E-state index is 0.127. The summed E-state index contributed by atoms with van der Waals surface area (Å²) < 4.78 is 0. The van der Waals surface area contributed by atoms with E-state index in [1.165, 1.54) is 19.3 Å². The molecule has 0 bridgehead atoms. The normalized spacial score (nSPS) is 18.7. The van der Waals surface area contributed by atoms with E-state index in [2.05, 4.69) is 9.97 Å². The van der Waals surface area contributed by atoms with Gasteiger partial charge in [-0.1, -0.05) is 31.4 Å². The van der Waals surface area contributed by atoms with Crippen molar-refractivity contribution in [2.24, 2.45) is 5.92 Å².